The van der Waals surface area contributed by atoms with E-state index >= 15 is 0 Å². The van der Waals surface area contributed by atoms with E-state index in [4.69, 9.17) is 9.84 Å². The number of carbonyl (C=O) groups is 2. The molecule has 1 N–H and O–H groups in total. The Balaban J connectivity index is 2.76. The van der Waals surface area contributed by atoms with Gasteiger partial charge in [-0.05, 0) is 18.6 Å². The zero-order valence-corrected chi connectivity index (χ0v) is 12.5. The predicted octanol–water partition coefficient (Wildman–Crippen LogP) is 2.06. The first-order valence-electron chi connectivity index (χ1n) is 6.84. The Labute approximate surface area is 124 Å². The minimum atomic E-state index is -0.858. The zero-order chi connectivity index (χ0) is 15.7. The molecule has 1 rings (SSSR count). The Bertz CT molecular complexity index is 450. The lowest BCUT2D eigenvalue weighted by Gasteiger charge is -2.28. The summed E-state index contributed by atoms with van der Waals surface area (Å²) < 4.78 is 4.97. The third-order valence-corrected chi connectivity index (χ3v) is 3.03. The van der Waals surface area contributed by atoms with Crippen molar-refractivity contribution < 1.29 is 19.4 Å². The number of hydrogen-bond acceptors (Lipinski definition) is 3. The maximum atomic E-state index is 12.5. The maximum absolute atomic E-state index is 12.5. The van der Waals surface area contributed by atoms with Crippen molar-refractivity contribution in [1.82, 2.24) is 4.90 Å². The van der Waals surface area contributed by atoms with Crippen LogP contribution in [0.1, 0.15) is 12.8 Å². The highest BCUT2D eigenvalue weighted by molar-refractivity contribution is 5.91. The van der Waals surface area contributed by atoms with E-state index in [-0.39, 0.29) is 12.5 Å². The molecule has 0 radical (unpaired) electrons. The van der Waals surface area contributed by atoms with Gasteiger partial charge in [0.15, 0.2) is 0 Å². The Morgan fingerprint density at radius 1 is 1.19 bits per heavy atom. The van der Waals surface area contributed by atoms with E-state index in [1.807, 2.05) is 30.3 Å². The molecule has 1 aromatic carbocycles. The number of benzene rings is 1. The van der Waals surface area contributed by atoms with Crippen molar-refractivity contribution in [2.75, 3.05) is 38.8 Å². The molecule has 0 unspecified atom stereocenters. The number of para-hydroxylation sites is 1. The van der Waals surface area contributed by atoms with Crippen molar-refractivity contribution in [3.8, 4) is 0 Å². The topological polar surface area (TPSA) is 70.1 Å². The number of urea groups is 1. The molecule has 0 aliphatic heterocycles. The van der Waals surface area contributed by atoms with E-state index in [0.717, 1.165) is 5.69 Å². The van der Waals surface area contributed by atoms with E-state index in [0.29, 0.717) is 26.1 Å². The van der Waals surface area contributed by atoms with Crippen LogP contribution in [0.15, 0.2) is 30.3 Å². The van der Waals surface area contributed by atoms with Gasteiger partial charge in [-0.25, -0.2) is 4.79 Å². The van der Waals surface area contributed by atoms with Crippen molar-refractivity contribution in [2.45, 2.75) is 12.8 Å². The molecule has 116 valence electrons. The van der Waals surface area contributed by atoms with Crippen molar-refractivity contribution in [3.63, 3.8) is 0 Å². The van der Waals surface area contributed by atoms with Crippen LogP contribution >= 0.6 is 0 Å². The van der Waals surface area contributed by atoms with Crippen molar-refractivity contribution >= 4 is 17.7 Å². The first-order valence-corrected chi connectivity index (χ1v) is 6.84. The third-order valence-electron chi connectivity index (χ3n) is 3.03. The van der Waals surface area contributed by atoms with Crippen LogP contribution in [0.5, 0.6) is 0 Å². The minimum Gasteiger partial charge on any atom is -0.481 e. The highest BCUT2D eigenvalue weighted by Crippen LogP contribution is 2.16. The summed E-state index contributed by atoms with van der Waals surface area (Å²) in [6, 6.07) is 9.08. The lowest BCUT2D eigenvalue weighted by Crippen LogP contribution is -2.43. The summed E-state index contributed by atoms with van der Waals surface area (Å²) in [6.45, 7) is 1.31. The number of hydrogen-bond donors (Lipinski definition) is 1. The molecule has 1 aromatic rings. The number of aliphatic carboxylic acids is 1. The quantitative estimate of drug-likeness (QED) is 0.796. The molecule has 0 heterocycles. The van der Waals surface area contributed by atoms with Crippen LogP contribution in [-0.4, -0.2) is 55.9 Å². The second-order valence-corrected chi connectivity index (χ2v) is 4.68. The van der Waals surface area contributed by atoms with E-state index in [2.05, 4.69) is 0 Å². The molecule has 6 nitrogen and oxygen atoms in total. The Morgan fingerprint density at radius 2 is 1.86 bits per heavy atom. The molecule has 2 amide bonds. The molecule has 21 heavy (non-hydrogen) atoms. The largest absolute Gasteiger partial charge is 0.481 e. The number of methoxy groups -OCH3 is 1. The summed E-state index contributed by atoms with van der Waals surface area (Å²) in [5, 5.41) is 8.73. The molecule has 0 aromatic heterocycles. The van der Waals surface area contributed by atoms with Crippen molar-refractivity contribution in [2.24, 2.45) is 0 Å². The molecule has 6 heteroatoms. The molecule has 0 aliphatic carbocycles. The van der Waals surface area contributed by atoms with Gasteiger partial charge in [-0.1, -0.05) is 18.2 Å². The monoisotopic (exact) mass is 294 g/mol. The fourth-order valence-corrected chi connectivity index (χ4v) is 1.86. The van der Waals surface area contributed by atoms with Gasteiger partial charge in [0.1, 0.15) is 0 Å². The standard InChI is InChI=1S/C15H22N2O4/c1-16(11-12-21-2)15(20)17(10-6-9-14(18)19)13-7-4-3-5-8-13/h3-5,7-8H,6,9-12H2,1-2H3,(H,18,19). The van der Waals surface area contributed by atoms with Gasteiger partial charge in [-0.15, -0.1) is 0 Å². The predicted molar refractivity (Wildman–Crippen MR) is 80.6 cm³/mol. The van der Waals surface area contributed by atoms with Gasteiger partial charge in [0.2, 0.25) is 0 Å². The van der Waals surface area contributed by atoms with Gasteiger partial charge in [-0.2, -0.15) is 0 Å². The van der Waals surface area contributed by atoms with Crippen LogP contribution in [0.3, 0.4) is 0 Å². The summed E-state index contributed by atoms with van der Waals surface area (Å²) in [4.78, 5) is 26.3. The Hall–Kier alpha value is -2.08. The zero-order valence-electron chi connectivity index (χ0n) is 12.5. The number of amides is 2. The van der Waals surface area contributed by atoms with Crippen LogP contribution < -0.4 is 4.90 Å². The fraction of sp³-hybridized carbons (Fsp3) is 0.467. The average molecular weight is 294 g/mol. The molecule has 0 bridgehead atoms. The van der Waals surface area contributed by atoms with Gasteiger partial charge < -0.3 is 14.7 Å². The first-order chi connectivity index (χ1) is 10.1. The fourth-order valence-electron chi connectivity index (χ4n) is 1.86. The highest BCUT2D eigenvalue weighted by Gasteiger charge is 2.19. The van der Waals surface area contributed by atoms with Crippen molar-refractivity contribution in [1.29, 1.82) is 0 Å². The minimum absolute atomic E-state index is 0.0401. The van der Waals surface area contributed by atoms with Crippen LogP contribution in [0.4, 0.5) is 10.5 Å². The second-order valence-electron chi connectivity index (χ2n) is 4.68. The van der Waals surface area contributed by atoms with Crippen LogP contribution in [0.25, 0.3) is 0 Å². The molecule has 0 spiro atoms. The van der Waals surface area contributed by atoms with Gasteiger partial charge in [0.05, 0.1) is 6.61 Å². The lowest BCUT2D eigenvalue weighted by atomic mass is 10.2. The van der Waals surface area contributed by atoms with Gasteiger partial charge in [0, 0.05) is 39.4 Å². The molecule has 0 fully saturated rings. The molecule has 0 atom stereocenters. The van der Waals surface area contributed by atoms with Crippen molar-refractivity contribution in [3.05, 3.63) is 30.3 Å². The molecule has 0 saturated carbocycles. The van der Waals surface area contributed by atoms with Gasteiger partial charge in [0.25, 0.3) is 0 Å². The lowest BCUT2D eigenvalue weighted by molar-refractivity contribution is -0.137. The number of carbonyl (C=O) groups excluding carboxylic acids is 1. The van der Waals surface area contributed by atoms with Gasteiger partial charge >= 0.3 is 12.0 Å². The summed E-state index contributed by atoms with van der Waals surface area (Å²) >= 11 is 0. The maximum Gasteiger partial charge on any atom is 0.324 e. The van der Waals surface area contributed by atoms with E-state index in [1.165, 1.54) is 0 Å². The normalized spacial score (nSPS) is 10.2. The van der Waals surface area contributed by atoms with Crippen LogP contribution in [-0.2, 0) is 9.53 Å². The summed E-state index contributed by atoms with van der Waals surface area (Å²) in [7, 11) is 3.29. The van der Waals surface area contributed by atoms with Crippen LogP contribution in [0, 0.1) is 0 Å². The van der Waals surface area contributed by atoms with E-state index in [1.54, 1.807) is 24.0 Å². The summed E-state index contributed by atoms with van der Waals surface area (Å²) in [5.74, 6) is -0.858. The number of anilines is 1. The molecular formula is C15H22N2O4. The molecule has 0 aliphatic rings. The Morgan fingerprint density at radius 3 is 2.43 bits per heavy atom. The summed E-state index contributed by atoms with van der Waals surface area (Å²) in [6.07, 6.45) is 0.451. The third kappa shape index (κ3) is 5.83. The summed E-state index contributed by atoms with van der Waals surface area (Å²) in [5.41, 5.74) is 0.761. The number of carboxylic acids is 1. The van der Waals surface area contributed by atoms with Gasteiger partial charge in [-0.3, -0.25) is 9.69 Å². The number of carboxylic acid groups (broad SMARTS) is 1. The Kier molecular flexibility index (Phi) is 7.25. The molecule has 0 saturated heterocycles. The van der Waals surface area contributed by atoms with E-state index < -0.39 is 5.97 Å². The molecular weight excluding hydrogens is 272 g/mol. The van der Waals surface area contributed by atoms with E-state index in [9.17, 15) is 9.59 Å². The second kappa shape index (κ2) is 8.97. The number of ether oxygens (including phenoxy) is 1. The average Bonchev–Trinajstić information content (AvgIpc) is 2.49. The smallest absolute Gasteiger partial charge is 0.324 e. The number of likely N-dealkylation sites (N-methyl/N-ethyl adjacent to an activating group) is 1. The number of rotatable bonds is 8. The SMILES string of the molecule is COCCN(C)C(=O)N(CCCC(=O)O)c1ccccc1. The highest BCUT2D eigenvalue weighted by atomic mass is 16.5. The number of nitrogens with zero attached hydrogens (tertiary/aromatic N) is 2. The first kappa shape index (κ1) is 17.0. The van der Waals surface area contributed by atoms with Crippen LogP contribution in [0.2, 0.25) is 0 Å².